The third-order valence-electron chi connectivity index (χ3n) is 3.96. The van der Waals surface area contributed by atoms with E-state index >= 15 is 0 Å². The smallest absolute Gasteiger partial charge is 0.137 e. The molecular formula is C16H25NO. The van der Waals surface area contributed by atoms with Gasteiger partial charge in [0.2, 0.25) is 0 Å². The Morgan fingerprint density at radius 3 is 2.44 bits per heavy atom. The van der Waals surface area contributed by atoms with Gasteiger partial charge >= 0.3 is 0 Å². The van der Waals surface area contributed by atoms with Gasteiger partial charge in [0.1, 0.15) is 5.75 Å². The molecule has 2 rings (SSSR count). The second-order valence-electron chi connectivity index (χ2n) is 7.14. The number of ether oxygens (including phenoxy) is 1. The predicted molar refractivity (Wildman–Crippen MR) is 74.9 cm³/mol. The standard InChI is InChI=1S/C16H25NO/c1-12(16(5)8-9-16)14-7-6-13(10-17-14)18-11-15(2,3)4/h6-7,10,12H,8-9,11H2,1-5H3. The summed E-state index contributed by atoms with van der Waals surface area (Å²) in [6.07, 6.45) is 4.53. The van der Waals surface area contributed by atoms with Crippen molar-refractivity contribution in [3.05, 3.63) is 24.0 Å². The lowest BCUT2D eigenvalue weighted by Crippen LogP contribution is -2.17. The van der Waals surface area contributed by atoms with Crippen LogP contribution in [-0.4, -0.2) is 11.6 Å². The average Bonchev–Trinajstić information content (AvgIpc) is 3.05. The molecule has 1 aromatic heterocycles. The van der Waals surface area contributed by atoms with Crippen molar-refractivity contribution in [1.82, 2.24) is 4.98 Å². The predicted octanol–water partition coefficient (Wildman–Crippen LogP) is 4.41. The van der Waals surface area contributed by atoms with E-state index in [4.69, 9.17) is 4.74 Å². The van der Waals surface area contributed by atoms with E-state index in [-0.39, 0.29) is 5.41 Å². The molecule has 1 fully saturated rings. The molecule has 1 aliphatic rings. The summed E-state index contributed by atoms with van der Waals surface area (Å²) in [7, 11) is 0. The number of hydrogen-bond donors (Lipinski definition) is 0. The zero-order valence-corrected chi connectivity index (χ0v) is 12.3. The van der Waals surface area contributed by atoms with Crippen LogP contribution in [0, 0.1) is 10.8 Å². The zero-order chi connectivity index (χ0) is 13.4. The largest absolute Gasteiger partial charge is 0.491 e. The van der Waals surface area contributed by atoms with Crippen LogP contribution in [0.2, 0.25) is 0 Å². The fraction of sp³-hybridized carbons (Fsp3) is 0.688. The van der Waals surface area contributed by atoms with E-state index < -0.39 is 0 Å². The molecule has 1 aromatic rings. The molecule has 0 spiro atoms. The average molecular weight is 247 g/mol. The van der Waals surface area contributed by atoms with Gasteiger partial charge in [-0.1, -0.05) is 34.6 Å². The van der Waals surface area contributed by atoms with E-state index in [0.29, 0.717) is 11.3 Å². The van der Waals surface area contributed by atoms with Crippen molar-refractivity contribution < 1.29 is 4.74 Å². The van der Waals surface area contributed by atoms with E-state index in [0.717, 1.165) is 12.4 Å². The summed E-state index contributed by atoms with van der Waals surface area (Å²) in [4.78, 5) is 4.56. The van der Waals surface area contributed by atoms with Crippen LogP contribution in [0.3, 0.4) is 0 Å². The first kappa shape index (κ1) is 13.4. The van der Waals surface area contributed by atoms with E-state index in [9.17, 15) is 0 Å². The molecular weight excluding hydrogens is 222 g/mol. The van der Waals surface area contributed by atoms with Crippen molar-refractivity contribution in [2.45, 2.75) is 53.4 Å². The van der Waals surface area contributed by atoms with Crippen LogP contribution in [0.5, 0.6) is 5.75 Å². The first-order chi connectivity index (χ1) is 8.30. The van der Waals surface area contributed by atoms with Crippen LogP contribution < -0.4 is 4.74 Å². The third kappa shape index (κ3) is 3.24. The highest BCUT2D eigenvalue weighted by Crippen LogP contribution is 2.55. The number of hydrogen-bond acceptors (Lipinski definition) is 2. The maximum Gasteiger partial charge on any atom is 0.137 e. The van der Waals surface area contributed by atoms with Crippen molar-refractivity contribution in [3.63, 3.8) is 0 Å². The van der Waals surface area contributed by atoms with Gasteiger partial charge in [0.05, 0.1) is 12.8 Å². The second-order valence-corrected chi connectivity index (χ2v) is 7.14. The molecule has 0 amide bonds. The summed E-state index contributed by atoms with van der Waals surface area (Å²) in [6.45, 7) is 11.9. The minimum atomic E-state index is 0.188. The molecule has 1 heterocycles. The fourth-order valence-electron chi connectivity index (χ4n) is 2.02. The van der Waals surface area contributed by atoms with Crippen molar-refractivity contribution in [2.24, 2.45) is 10.8 Å². The SMILES string of the molecule is CC(c1ccc(OCC(C)(C)C)cn1)C1(C)CC1. The van der Waals surface area contributed by atoms with Crippen LogP contribution >= 0.6 is 0 Å². The van der Waals surface area contributed by atoms with E-state index in [1.807, 2.05) is 6.20 Å². The van der Waals surface area contributed by atoms with Crippen LogP contribution in [0.25, 0.3) is 0 Å². The molecule has 1 atom stereocenters. The molecule has 1 unspecified atom stereocenters. The van der Waals surface area contributed by atoms with Crippen molar-refractivity contribution in [3.8, 4) is 5.75 Å². The minimum Gasteiger partial charge on any atom is -0.491 e. The molecule has 2 nitrogen and oxygen atoms in total. The molecule has 0 aromatic carbocycles. The Balaban J connectivity index is 1.97. The Hall–Kier alpha value is -1.05. The van der Waals surface area contributed by atoms with Gasteiger partial charge in [-0.3, -0.25) is 4.98 Å². The quantitative estimate of drug-likeness (QED) is 0.786. The molecule has 0 N–H and O–H groups in total. The number of aromatic nitrogens is 1. The van der Waals surface area contributed by atoms with Gasteiger partial charge in [-0.15, -0.1) is 0 Å². The molecule has 1 saturated carbocycles. The Morgan fingerprint density at radius 1 is 1.33 bits per heavy atom. The summed E-state index contributed by atoms with van der Waals surface area (Å²) in [5.41, 5.74) is 1.87. The summed E-state index contributed by atoms with van der Waals surface area (Å²) in [5, 5.41) is 0. The highest BCUT2D eigenvalue weighted by Gasteiger charge is 2.43. The number of rotatable bonds is 4. The number of nitrogens with zero attached hydrogens (tertiary/aromatic N) is 1. The monoisotopic (exact) mass is 247 g/mol. The zero-order valence-electron chi connectivity index (χ0n) is 12.3. The van der Waals surface area contributed by atoms with Gasteiger partial charge in [-0.05, 0) is 35.8 Å². The van der Waals surface area contributed by atoms with Gasteiger partial charge in [-0.2, -0.15) is 0 Å². The molecule has 100 valence electrons. The summed E-state index contributed by atoms with van der Waals surface area (Å²) >= 11 is 0. The molecule has 1 aliphatic carbocycles. The van der Waals surface area contributed by atoms with Gasteiger partial charge in [0.25, 0.3) is 0 Å². The lowest BCUT2D eigenvalue weighted by Gasteiger charge is -2.20. The van der Waals surface area contributed by atoms with Gasteiger partial charge in [0.15, 0.2) is 0 Å². The summed E-state index contributed by atoms with van der Waals surface area (Å²) in [6, 6.07) is 4.17. The van der Waals surface area contributed by atoms with E-state index in [1.54, 1.807) is 0 Å². The summed E-state index contributed by atoms with van der Waals surface area (Å²) in [5.74, 6) is 1.43. The number of pyridine rings is 1. The highest BCUT2D eigenvalue weighted by atomic mass is 16.5. The van der Waals surface area contributed by atoms with Crippen LogP contribution in [0.15, 0.2) is 18.3 Å². The van der Waals surface area contributed by atoms with Crippen LogP contribution in [0.4, 0.5) is 0 Å². The molecule has 18 heavy (non-hydrogen) atoms. The topological polar surface area (TPSA) is 22.1 Å². The molecule has 2 heteroatoms. The Labute approximate surface area is 111 Å². The third-order valence-corrected chi connectivity index (χ3v) is 3.96. The van der Waals surface area contributed by atoms with Crippen LogP contribution in [-0.2, 0) is 0 Å². The van der Waals surface area contributed by atoms with Gasteiger partial charge in [0, 0.05) is 11.6 Å². The first-order valence-electron chi connectivity index (χ1n) is 6.89. The molecule has 0 saturated heterocycles. The van der Waals surface area contributed by atoms with Crippen molar-refractivity contribution in [1.29, 1.82) is 0 Å². The molecule has 0 bridgehead atoms. The first-order valence-corrected chi connectivity index (χ1v) is 6.89. The highest BCUT2D eigenvalue weighted by molar-refractivity contribution is 5.24. The Bertz CT molecular complexity index is 398. The Kier molecular flexibility index (Phi) is 3.39. The van der Waals surface area contributed by atoms with Crippen LogP contribution in [0.1, 0.15) is 59.1 Å². The summed E-state index contributed by atoms with van der Waals surface area (Å²) < 4.78 is 5.74. The molecule has 0 radical (unpaired) electrons. The van der Waals surface area contributed by atoms with E-state index in [1.165, 1.54) is 18.5 Å². The Morgan fingerprint density at radius 2 is 2.00 bits per heavy atom. The van der Waals surface area contributed by atoms with Crippen molar-refractivity contribution in [2.75, 3.05) is 6.61 Å². The lowest BCUT2D eigenvalue weighted by atomic mass is 9.89. The fourth-order valence-corrected chi connectivity index (χ4v) is 2.02. The lowest BCUT2D eigenvalue weighted by molar-refractivity contribution is 0.197. The van der Waals surface area contributed by atoms with Gasteiger partial charge < -0.3 is 4.74 Å². The van der Waals surface area contributed by atoms with E-state index in [2.05, 4.69) is 51.7 Å². The maximum absolute atomic E-state index is 5.74. The minimum absolute atomic E-state index is 0.188. The van der Waals surface area contributed by atoms with Crippen molar-refractivity contribution >= 4 is 0 Å². The normalized spacial score (nSPS) is 19.4. The maximum atomic E-state index is 5.74. The second kappa shape index (κ2) is 4.56. The van der Waals surface area contributed by atoms with Gasteiger partial charge in [-0.25, -0.2) is 0 Å². The molecule has 0 aliphatic heterocycles.